The van der Waals surface area contributed by atoms with Gasteiger partial charge < -0.3 is 25.8 Å². The van der Waals surface area contributed by atoms with E-state index in [-0.39, 0.29) is 11.8 Å². The number of nitrogens with two attached hydrogens (primary N) is 1. The number of benzene rings is 2. The van der Waals surface area contributed by atoms with E-state index in [1.807, 2.05) is 24.3 Å². The van der Waals surface area contributed by atoms with Gasteiger partial charge in [-0.2, -0.15) is 4.98 Å². The number of nitrogens with one attached hydrogen (secondary N) is 2. The summed E-state index contributed by atoms with van der Waals surface area (Å²) in [6, 6.07) is 14.2. The Labute approximate surface area is 156 Å². The summed E-state index contributed by atoms with van der Waals surface area (Å²) in [4.78, 5) is 8.15. The number of nitrogens with zero attached hydrogens (tertiary/aromatic N) is 2. The van der Waals surface area contributed by atoms with E-state index in [1.54, 1.807) is 31.4 Å². The Bertz CT molecular complexity index is 872. The van der Waals surface area contributed by atoms with Crippen molar-refractivity contribution in [3.05, 3.63) is 60.5 Å². The second-order valence-corrected chi connectivity index (χ2v) is 5.63. The van der Waals surface area contributed by atoms with E-state index in [4.69, 9.17) is 15.2 Å². The molecule has 0 saturated heterocycles. The fraction of sp³-hybridized carbons (Fsp3) is 0.158. The fourth-order valence-electron chi connectivity index (χ4n) is 2.22. The number of anilines is 5. The maximum Gasteiger partial charge on any atom is 0.229 e. The zero-order valence-electron chi connectivity index (χ0n) is 14.8. The van der Waals surface area contributed by atoms with Crippen LogP contribution in [0.15, 0.2) is 54.7 Å². The summed E-state index contributed by atoms with van der Waals surface area (Å²) >= 11 is 0. The molecule has 27 heavy (non-hydrogen) atoms. The summed E-state index contributed by atoms with van der Waals surface area (Å²) in [6.07, 6.45) is 1.11. The highest BCUT2D eigenvalue weighted by atomic mass is 19.1. The van der Waals surface area contributed by atoms with Crippen LogP contribution in [0.4, 0.5) is 33.2 Å². The predicted octanol–water partition coefficient (Wildman–Crippen LogP) is 3.71. The van der Waals surface area contributed by atoms with Gasteiger partial charge in [-0.1, -0.05) is 0 Å². The van der Waals surface area contributed by atoms with Crippen LogP contribution in [0.2, 0.25) is 0 Å². The molecule has 0 saturated carbocycles. The Kier molecular flexibility index (Phi) is 6.01. The van der Waals surface area contributed by atoms with Gasteiger partial charge in [-0.15, -0.1) is 0 Å². The van der Waals surface area contributed by atoms with Gasteiger partial charge in [-0.05, 0) is 48.5 Å². The third-order valence-electron chi connectivity index (χ3n) is 3.58. The van der Waals surface area contributed by atoms with E-state index in [0.29, 0.717) is 24.6 Å². The number of aromatic nitrogens is 2. The minimum atomic E-state index is -0.556. The van der Waals surface area contributed by atoms with Crippen molar-refractivity contribution in [1.82, 2.24) is 9.97 Å². The van der Waals surface area contributed by atoms with Gasteiger partial charge in [0.05, 0.1) is 12.8 Å². The van der Waals surface area contributed by atoms with Gasteiger partial charge in [-0.25, -0.2) is 9.37 Å². The van der Waals surface area contributed by atoms with E-state index in [0.717, 1.165) is 17.6 Å². The van der Waals surface area contributed by atoms with Crippen LogP contribution in [-0.2, 0) is 4.74 Å². The lowest BCUT2D eigenvalue weighted by Gasteiger charge is -2.10. The second-order valence-electron chi connectivity index (χ2n) is 5.63. The maximum absolute atomic E-state index is 14.0. The monoisotopic (exact) mass is 369 g/mol. The summed E-state index contributed by atoms with van der Waals surface area (Å²) in [6.45, 7) is 0.998. The standard InChI is InChI=1S/C19H20FN5O2/c1-26-10-11-27-16-8-6-15(7-9-16)24-19-22-12-17(20)18(25-19)23-14-4-2-13(21)3-5-14/h2-9,12H,10-11,21H2,1H3,(H2,22,23,24,25). The van der Waals surface area contributed by atoms with E-state index in [9.17, 15) is 4.39 Å². The summed E-state index contributed by atoms with van der Waals surface area (Å²) in [7, 11) is 1.62. The summed E-state index contributed by atoms with van der Waals surface area (Å²) < 4.78 is 24.5. The first kappa shape index (κ1) is 18.4. The molecule has 4 N–H and O–H groups in total. The first-order valence-corrected chi connectivity index (χ1v) is 8.28. The summed E-state index contributed by atoms with van der Waals surface area (Å²) in [5.41, 5.74) is 7.70. The van der Waals surface area contributed by atoms with Gasteiger partial charge >= 0.3 is 0 Å². The highest BCUT2D eigenvalue weighted by Gasteiger charge is 2.08. The van der Waals surface area contributed by atoms with Crippen molar-refractivity contribution in [3.63, 3.8) is 0 Å². The smallest absolute Gasteiger partial charge is 0.229 e. The molecule has 0 amide bonds. The Balaban J connectivity index is 1.67. The molecular weight excluding hydrogens is 349 g/mol. The van der Waals surface area contributed by atoms with Gasteiger partial charge in [-0.3, -0.25) is 0 Å². The molecule has 0 fully saturated rings. The Hall–Kier alpha value is -3.39. The second kappa shape index (κ2) is 8.81. The lowest BCUT2D eigenvalue weighted by molar-refractivity contribution is 0.146. The molecule has 3 rings (SSSR count). The molecule has 2 aromatic carbocycles. The molecule has 140 valence electrons. The molecule has 0 aliphatic heterocycles. The zero-order valence-corrected chi connectivity index (χ0v) is 14.8. The van der Waals surface area contributed by atoms with E-state index >= 15 is 0 Å². The van der Waals surface area contributed by atoms with Crippen LogP contribution >= 0.6 is 0 Å². The minimum Gasteiger partial charge on any atom is -0.491 e. The average Bonchev–Trinajstić information content (AvgIpc) is 2.68. The van der Waals surface area contributed by atoms with Crippen molar-refractivity contribution >= 4 is 28.8 Å². The topological polar surface area (TPSA) is 94.3 Å². The summed E-state index contributed by atoms with van der Waals surface area (Å²) in [5, 5.41) is 5.94. The number of hydrogen-bond donors (Lipinski definition) is 3. The molecule has 1 aromatic heterocycles. The van der Waals surface area contributed by atoms with Crippen LogP contribution in [0.1, 0.15) is 0 Å². The van der Waals surface area contributed by atoms with Crippen molar-refractivity contribution in [3.8, 4) is 5.75 Å². The number of nitrogen functional groups attached to an aromatic ring is 1. The third kappa shape index (κ3) is 5.29. The normalized spacial score (nSPS) is 10.4. The number of halogens is 1. The highest BCUT2D eigenvalue weighted by Crippen LogP contribution is 2.22. The maximum atomic E-state index is 14.0. The van der Waals surface area contributed by atoms with Gasteiger partial charge in [0.1, 0.15) is 12.4 Å². The SMILES string of the molecule is COCCOc1ccc(Nc2ncc(F)c(Nc3ccc(N)cc3)n2)cc1. The molecule has 0 aliphatic rings. The Morgan fingerprint density at radius 3 is 2.33 bits per heavy atom. The molecule has 0 aliphatic carbocycles. The number of hydrogen-bond acceptors (Lipinski definition) is 7. The first-order chi connectivity index (χ1) is 13.1. The van der Waals surface area contributed by atoms with Crippen LogP contribution in [0.25, 0.3) is 0 Å². The highest BCUT2D eigenvalue weighted by molar-refractivity contribution is 5.61. The molecule has 0 bridgehead atoms. The quantitative estimate of drug-likeness (QED) is 0.411. The Morgan fingerprint density at radius 2 is 1.63 bits per heavy atom. The molecule has 0 unspecified atom stereocenters. The number of ether oxygens (including phenoxy) is 2. The van der Waals surface area contributed by atoms with Crippen LogP contribution in [0.3, 0.4) is 0 Å². The van der Waals surface area contributed by atoms with Gasteiger partial charge in [0.25, 0.3) is 0 Å². The molecular formula is C19H20FN5O2. The molecule has 0 atom stereocenters. The number of methoxy groups -OCH3 is 1. The lowest BCUT2D eigenvalue weighted by Crippen LogP contribution is -2.05. The van der Waals surface area contributed by atoms with E-state index in [2.05, 4.69) is 20.6 Å². The van der Waals surface area contributed by atoms with Crippen LogP contribution < -0.4 is 21.1 Å². The fourth-order valence-corrected chi connectivity index (χ4v) is 2.22. The lowest BCUT2D eigenvalue weighted by atomic mass is 10.3. The molecule has 1 heterocycles. The van der Waals surface area contributed by atoms with Crippen LogP contribution in [0.5, 0.6) is 5.75 Å². The molecule has 0 radical (unpaired) electrons. The first-order valence-electron chi connectivity index (χ1n) is 8.28. The van der Waals surface area contributed by atoms with Gasteiger partial charge in [0.2, 0.25) is 5.95 Å². The van der Waals surface area contributed by atoms with Crippen molar-refractivity contribution < 1.29 is 13.9 Å². The van der Waals surface area contributed by atoms with E-state index in [1.165, 1.54) is 0 Å². The Morgan fingerprint density at radius 1 is 0.963 bits per heavy atom. The molecule has 0 spiro atoms. The zero-order chi connectivity index (χ0) is 19.1. The largest absolute Gasteiger partial charge is 0.491 e. The van der Waals surface area contributed by atoms with Crippen molar-refractivity contribution in [1.29, 1.82) is 0 Å². The van der Waals surface area contributed by atoms with E-state index < -0.39 is 5.82 Å². The molecule has 7 nitrogen and oxygen atoms in total. The average molecular weight is 369 g/mol. The van der Waals surface area contributed by atoms with Crippen molar-refractivity contribution in [2.45, 2.75) is 0 Å². The number of rotatable bonds is 8. The van der Waals surface area contributed by atoms with Gasteiger partial charge in [0.15, 0.2) is 11.6 Å². The van der Waals surface area contributed by atoms with Gasteiger partial charge in [0, 0.05) is 24.2 Å². The van der Waals surface area contributed by atoms with Crippen LogP contribution in [0, 0.1) is 5.82 Å². The van der Waals surface area contributed by atoms with Crippen molar-refractivity contribution in [2.75, 3.05) is 36.7 Å². The molecule has 3 aromatic rings. The third-order valence-corrected chi connectivity index (χ3v) is 3.58. The minimum absolute atomic E-state index is 0.0665. The van der Waals surface area contributed by atoms with Crippen molar-refractivity contribution in [2.24, 2.45) is 0 Å². The predicted molar refractivity (Wildman–Crippen MR) is 103 cm³/mol. The summed E-state index contributed by atoms with van der Waals surface area (Å²) in [5.74, 6) is 0.502. The van der Waals surface area contributed by atoms with Crippen LogP contribution in [-0.4, -0.2) is 30.3 Å². The molecule has 8 heteroatoms.